The summed E-state index contributed by atoms with van der Waals surface area (Å²) in [6.45, 7) is 4.83. The monoisotopic (exact) mass is 596 g/mol. The van der Waals surface area contributed by atoms with E-state index in [1.165, 1.54) is 24.1 Å². The summed E-state index contributed by atoms with van der Waals surface area (Å²) in [6, 6.07) is 19.0. The zero-order valence-electron chi connectivity index (χ0n) is 24.3. The SMILES string of the molecule is COc1ccc([N+](=O)[O-])cc1N(CC(=O)N(Cc1cccc(C)c1)C(Cc1ccccc1)C(=O)NC(C)C)S(C)(=O)=O. The molecule has 0 saturated heterocycles. The number of aryl methyl sites for hydroxylation is 1. The van der Waals surface area contributed by atoms with Gasteiger partial charge < -0.3 is 15.0 Å². The third kappa shape index (κ3) is 8.53. The van der Waals surface area contributed by atoms with Gasteiger partial charge in [0.15, 0.2) is 0 Å². The van der Waals surface area contributed by atoms with Gasteiger partial charge in [-0.3, -0.25) is 24.0 Å². The predicted octanol–water partition coefficient (Wildman–Crippen LogP) is 3.84. The summed E-state index contributed by atoms with van der Waals surface area (Å²) < 4.78 is 32.1. The molecule has 0 bridgehead atoms. The van der Waals surface area contributed by atoms with Gasteiger partial charge in [0.05, 0.1) is 18.3 Å². The molecule has 2 amide bonds. The number of non-ortho nitro benzene ring substituents is 1. The van der Waals surface area contributed by atoms with Crippen LogP contribution >= 0.6 is 0 Å². The molecular weight excluding hydrogens is 560 g/mol. The Bertz CT molecular complexity index is 1530. The van der Waals surface area contributed by atoms with Crippen LogP contribution in [0.15, 0.2) is 72.8 Å². The van der Waals surface area contributed by atoms with Crippen LogP contribution in [0.4, 0.5) is 11.4 Å². The first-order chi connectivity index (χ1) is 19.8. The van der Waals surface area contributed by atoms with Crippen molar-refractivity contribution in [2.24, 2.45) is 0 Å². The minimum atomic E-state index is -4.14. The number of sulfonamides is 1. The Morgan fingerprint density at radius 1 is 1.00 bits per heavy atom. The zero-order valence-corrected chi connectivity index (χ0v) is 25.1. The lowest BCUT2D eigenvalue weighted by Gasteiger charge is -2.34. The van der Waals surface area contributed by atoms with Crippen molar-refractivity contribution < 1.29 is 27.7 Å². The van der Waals surface area contributed by atoms with Crippen molar-refractivity contribution in [3.05, 3.63) is 99.6 Å². The number of nitrogens with one attached hydrogen (secondary N) is 1. The molecule has 0 heterocycles. The molecule has 1 N–H and O–H groups in total. The Morgan fingerprint density at radius 2 is 1.67 bits per heavy atom. The van der Waals surface area contributed by atoms with E-state index in [0.29, 0.717) is 0 Å². The topological polar surface area (TPSA) is 139 Å². The van der Waals surface area contributed by atoms with E-state index in [2.05, 4.69) is 5.32 Å². The molecule has 0 saturated carbocycles. The molecule has 0 aliphatic rings. The molecule has 11 nitrogen and oxygen atoms in total. The van der Waals surface area contributed by atoms with Crippen molar-refractivity contribution in [1.29, 1.82) is 0 Å². The smallest absolute Gasteiger partial charge is 0.271 e. The minimum Gasteiger partial charge on any atom is -0.495 e. The second-order valence-corrected chi connectivity index (χ2v) is 12.2. The summed E-state index contributed by atoms with van der Waals surface area (Å²) in [7, 11) is -2.85. The van der Waals surface area contributed by atoms with Crippen LogP contribution in [0.25, 0.3) is 0 Å². The summed E-state index contributed by atoms with van der Waals surface area (Å²) in [5, 5.41) is 14.4. The van der Waals surface area contributed by atoms with Crippen LogP contribution in [0, 0.1) is 17.0 Å². The summed E-state index contributed by atoms with van der Waals surface area (Å²) in [5.74, 6) is -1.04. The van der Waals surface area contributed by atoms with Gasteiger partial charge in [0, 0.05) is 31.1 Å². The maximum absolute atomic E-state index is 14.2. The number of carbonyl (C=O) groups is 2. The van der Waals surface area contributed by atoms with Crippen LogP contribution in [0.5, 0.6) is 5.75 Å². The standard InChI is InChI=1S/C30H36N4O7S/c1-21(2)31-30(36)27(17-23-11-7-6-8-12-23)32(19-24-13-9-10-22(3)16-24)29(35)20-33(42(5,39)40)26-18-25(34(37)38)14-15-28(26)41-4/h6-16,18,21,27H,17,19-20H2,1-5H3,(H,31,36). The van der Waals surface area contributed by atoms with Crippen LogP contribution < -0.4 is 14.4 Å². The summed E-state index contributed by atoms with van der Waals surface area (Å²) in [4.78, 5) is 40.0. The lowest BCUT2D eigenvalue weighted by molar-refractivity contribution is -0.384. The Balaban J connectivity index is 2.13. The number of hydrogen-bond acceptors (Lipinski definition) is 7. The number of ether oxygens (including phenoxy) is 1. The van der Waals surface area contributed by atoms with E-state index in [1.807, 2.05) is 75.4 Å². The largest absolute Gasteiger partial charge is 0.495 e. The number of nitro benzene ring substituents is 1. The number of benzene rings is 3. The first-order valence-corrected chi connectivity index (χ1v) is 15.1. The van der Waals surface area contributed by atoms with Gasteiger partial charge in [-0.1, -0.05) is 60.2 Å². The van der Waals surface area contributed by atoms with Gasteiger partial charge in [-0.2, -0.15) is 0 Å². The molecule has 0 fully saturated rings. The molecule has 224 valence electrons. The molecule has 3 rings (SSSR count). The summed E-state index contributed by atoms with van der Waals surface area (Å²) >= 11 is 0. The van der Waals surface area contributed by atoms with Crippen LogP contribution in [0.1, 0.15) is 30.5 Å². The summed E-state index contributed by atoms with van der Waals surface area (Å²) in [6.07, 6.45) is 1.08. The van der Waals surface area contributed by atoms with Crippen molar-refractivity contribution in [3.63, 3.8) is 0 Å². The maximum Gasteiger partial charge on any atom is 0.271 e. The fourth-order valence-corrected chi connectivity index (χ4v) is 5.37. The van der Waals surface area contributed by atoms with E-state index >= 15 is 0 Å². The van der Waals surface area contributed by atoms with Gasteiger partial charge in [0.1, 0.15) is 24.0 Å². The number of nitro groups is 1. The molecule has 42 heavy (non-hydrogen) atoms. The summed E-state index contributed by atoms with van der Waals surface area (Å²) in [5.41, 5.74) is 1.97. The zero-order chi connectivity index (χ0) is 31.0. The normalized spacial score (nSPS) is 12.0. The average molecular weight is 597 g/mol. The van der Waals surface area contributed by atoms with E-state index in [9.17, 15) is 28.1 Å². The van der Waals surface area contributed by atoms with Crippen molar-refractivity contribution in [1.82, 2.24) is 10.2 Å². The van der Waals surface area contributed by atoms with Gasteiger partial charge >= 0.3 is 0 Å². The Hall–Kier alpha value is -4.45. The average Bonchev–Trinajstić information content (AvgIpc) is 2.92. The molecular formula is C30H36N4O7S. The Kier molecular flexibility index (Phi) is 10.6. The third-order valence-corrected chi connectivity index (χ3v) is 7.59. The molecule has 3 aromatic rings. The van der Waals surface area contributed by atoms with Crippen LogP contribution in [0.2, 0.25) is 0 Å². The van der Waals surface area contributed by atoms with Crippen molar-refractivity contribution >= 4 is 33.2 Å². The number of hydrogen-bond donors (Lipinski definition) is 1. The van der Waals surface area contributed by atoms with E-state index in [0.717, 1.165) is 33.3 Å². The fourth-order valence-electron chi connectivity index (χ4n) is 4.52. The van der Waals surface area contributed by atoms with Crippen molar-refractivity contribution in [2.45, 2.75) is 45.8 Å². The van der Waals surface area contributed by atoms with Gasteiger partial charge in [0.2, 0.25) is 21.8 Å². The van der Waals surface area contributed by atoms with Crippen LogP contribution in [-0.2, 0) is 32.6 Å². The highest BCUT2D eigenvalue weighted by Crippen LogP contribution is 2.34. The van der Waals surface area contributed by atoms with E-state index in [-0.39, 0.29) is 36.1 Å². The minimum absolute atomic E-state index is 0.0210. The lowest BCUT2D eigenvalue weighted by Crippen LogP contribution is -2.54. The number of methoxy groups -OCH3 is 1. The lowest BCUT2D eigenvalue weighted by atomic mass is 10.0. The first-order valence-electron chi connectivity index (χ1n) is 13.3. The molecule has 0 aliphatic carbocycles. The fraction of sp³-hybridized carbons (Fsp3) is 0.333. The number of carbonyl (C=O) groups excluding carboxylic acids is 2. The van der Waals surface area contributed by atoms with Crippen LogP contribution in [0.3, 0.4) is 0 Å². The van der Waals surface area contributed by atoms with Crippen LogP contribution in [-0.4, -0.2) is 62.0 Å². The number of rotatable bonds is 13. The highest BCUT2D eigenvalue weighted by molar-refractivity contribution is 7.92. The van der Waals surface area contributed by atoms with E-state index in [4.69, 9.17) is 4.74 Å². The van der Waals surface area contributed by atoms with E-state index < -0.39 is 39.3 Å². The number of amides is 2. The van der Waals surface area contributed by atoms with Gasteiger partial charge in [0.25, 0.3) is 5.69 Å². The quantitative estimate of drug-likeness (QED) is 0.234. The van der Waals surface area contributed by atoms with Crippen molar-refractivity contribution in [3.8, 4) is 5.75 Å². The Morgan fingerprint density at radius 3 is 2.24 bits per heavy atom. The van der Waals surface area contributed by atoms with Crippen molar-refractivity contribution in [2.75, 3.05) is 24.2 Å². The molecule has 0 spiro atoms. The highest BCUT2D eigenvalue weighted by atomic mass is 32.2. The molecule has 0 aliphatic heterocycles. The number of nitrogens with zero attached hydrogens (tertiary/aromatic N) is 3. The second kappa shape index (κ2) is 13.9. The third-order valence-electron chi connectivity index (χ3n) is 6.46. The van der Waals surface area contributed by atoms with Gasteiger partial charge in [-0.05, 0) is 38.0 Å². The van der Waals surface area contributed by atoms with E-state index in [1.54, 1.807) is 0 Å². The number of anilines is 1. The molecule has 1 unspecified atom stereocenters. The predicted molar refractivity (Wildman–Crippen MR) is 161 cm³/mol. The second-order valence-electron chi connectivity index (χ2n) is 10.3. The molecule has 3 aromatic carbocycles. The molecule has 0 aromatic heterocycles. The van der Waals surface area contributed by atoms with Gasteiger partial charge in [-0.25, -0.2) is 8.42 Å². The maximum atomic E-state index is 14.2. The first kappa shape index (κ1) is 32.1. The molecule has 1 atom stereocenters. The van der Waals surface area contributed by atoms with Gasteiger partial charge in [-0.15, -0.1) is 0 Å². The highest BCUT2D eigenvalue weighted by Gasteiger charge is 2.34. The Labute approximate surface area is 246 Å². The molecule has 12 heteroatoms. The molecule has 0 radical (unpaired) electrons.